The summed E-state index contributed by atoms with van der Waals surface area (Å²) in [7, 11) is 0. The van der Waals surface area contributed by atoms with Crippen LogP contribution in [0.2, 0.25) is 5.02 Å². The predicted octanol–water partition coefficient (Wildman–Crippen LogP) is 4.57. The zero-order chi connectivity index (χ0) is 18.5. The van der Waals surface area contributed by atoms with Gasteiger partial charge in [0.15, 0.2) is 0 Å². The van der Waals surface area contributed by atoms with E-state index >= 15 is 0 Å². The molecule has 8 heteroatoms. The molecular weight excluding hydrogens is 372 g/mol. The zero-order valence-electron chi connectivity index (χ0n) is 14.2. The Bertz CT molecular complexity index is 881. The van der Waals surface area contributed by atoms with Crippen molar-refractivity contribution in [1.82, 2.24) is 15.5 Å². The molecule has 0 unspecified atom stereocenters. The number of halogens is 1. The maximum atomic E-state index is 12.3. The quantitative estimate of drug-likeness (QED) is 0.602. The molecular formula is C18H17ClN4O2S. The molecule has 2 N–H and O–H groups in total. The third-order valence-electron chi connectivity index (χ3n) is 3.62. The third kappa shape index (κ3) is 4.36. The Balaban J connectivity index is 1.68. The first-order valence-electron chi connectivity index (χ1n) is 7.86. The Morgan fingerprint density at radius 2 is 1.81 bits per heavy atom. The van der Waals surface area contributed by atoms with Crippen LogP contribution in [0.4, 0.5) is 5.69 Å². The molecule has 3 rings (SSSR count). The van der Waals surface area contributed by atoms with Gasteiger partial charge in [-0.15, -0.1) is 10.2 Å². The minimum Gasteiger partial charge on any atom is -0.418 e. The van der Waals surface area contributed by atoms with Gasteiger partial charge in [0.2, 0.25) is 11.8 Å². The second-order valence-corrected chi connectivity index (χ2v) is 6.58. The number of carbonyl (C=O) groups excluding carboxylic acids is 1. The lowest BCUT2D eigenvalue weighted by atomic mass is 10.2. The average Bonchev–Trinajstić information content (AvgIpc) is 3.13. The third-order valence-corrected chi connectivity index (χ3v) is 4.31. The van der Waals surface area contributed by atoms with Crippen molar-refractivity contribution in [3.8, 4) is 11.5 Å². The maximum absolute atomic E-state index is 12.3. The van der Waals surface area contributed by atoms with Crippen molar-refractivity contribution >= 4 is 35.1 Å². The fourth-order valence-electron chi connectivity index (χ4n) is 2.27. The van der Waals surface area contributed by atoms with Crippen LogP contribution >= 0.6 is 23.5 Å². The monoisotopic (exact) mass is 388 g/mol. The molecule has 1 amide bonds. The van der Waals surface area contributed by atoms with Crippen LogP contribution in [0.3, 0.4) is 0 Å². The molecule has 0 fully saturated rings. The smallest absolute Gasteiger partial charge is 0.251 e. The summed E-state index contributed by atoms with van der Waals surface area (Å²) >= 11 is 7.36. The number of nitrogens with zero attached hydrogens (tertiary/aromatic N) is 2. The predicted molar refractivity (Wildman–Crippen MR) is 104 cm³/mol. The lowest BCUT2D eigenvalue weighted by Gasteiger charge is -2.10. The maximum Gasteiger partial charge on any atom is 0.251 e. The summed E-state index contributed by atoms with van der Waals surface area (Å²) in [6.45, 7) is 1.79. The van der Waals surface area contributed by atoms with Crippen molar-refractivity contribution in [2.75, 3.05) is 11.0 Å². The van der Waals surface area contributed by atoms with Crippen molar-refractivity contribution in [2.45, 2.75) is 13.0 Å². The number of carbonyl (C=O) groups is 1. The van der Waals surface area contributed by atoms with Crippen LogP contribution in [-0.2, 0) is 0 Å². The Hall–Kier alpha value is -2.51. The van der Waals surface area contributed by atoms with E-state index in [1.165, 1.54) is 11.9 Å². The first kappa shape index (κ1) is 18.3. The lowest BCUT2D eigenvalue weighted by molar-refractivity contribution is 0.0934. The molecule has 0 aliphatic rings. The Morgan fingerprint density at radius 1 is 1.12 bits per heavy atom. The largest absolute Gasteiger partial charge is 0.418 e. The number of hydrogen-bond donors (Lipinski definition) is 2. The van der Waals surface area contributed by atoms with Crippen LogP contribution in [-0.4, -0.2) is 22.4 Å². The van der Waals surface area contributed by atoms with Gasteiger partial charge in [-0.2, -0.15) is 0 Å². The molecule has 2 aromatic carbocycles. The molecule has 0 bridgehead atoms. The highest BCUT2D eigenvalue weighted by Gasteiger charge is 2.18. The van der Waals surface area contributed by atoms with Crippen molar-refractivity contribution in [2.24, 2.45) is 0 Å². The van der Waals surface area contributed by atoms with E-state index in [1.807, 2.05) is 30.5 Å². The van der Waals surface area contributed by atoms with E-state index in [2.05, 4.69) is 20.2 Å². The first-order chi connectivity index (χ1) is 12.6. The van der Waals surface area contributed by atoms with Crippen LogP contribution in [0.1, 0.15) is 29.2 Å². The topological polar surface area (TPSA) is 80.0 Å². The summed E-state index contributed by atoms with van der Waals surface area (Å²) in [5.41, 5.74) is 2.31. The minimum atomic E-state index is -0.420. The molecule has 1 atom stereocenters. The molecule has 6 nitrogen and oxygen atoms in total. The highest BCUT2D eigenvalue weighted by molar-refractivity contribution is 7.99. The molecule has 3 aromatic rings. The number of benzene rings is 2. The molecule has 1 aromatic heterocycles. The average molecular weight is 389 g/mol. The van der Waals surface area contributed by atoms with Crippen LogP contribution in [0.5, 0.6) is 0 Å². The van der Waals surface area contributed by atoms with Crippen molar-refractivity contribution < 1.29 is 9.21 Å². The van der Waals surface area contributed by atoms with E-state index in [1.54, 1.807) is 31.2 Å². The van der Waals surface area contributed by atoms with Gasteiger partial charge >= 0.3 is 0 Å². The molecule has 134 valence electrons. The number of aromatic nitrogens is 2. The van der Waals surface area contributed by atoms with Crippen LogP contribution in [0.25, 0.3) is 11.5 Å². The molecule has 0 aliphatic carbocycles. The molecule has 0 aliphatic heterocycles. The van der Waals surface area contributed by atoms with Gasteiger partial charge in [-0.25, -0.2) is 0 Å². The van der Waals surface area contributed by atoms with Gasteiger partial charge in [0, 0.05) is 28.1 Å². The number of anilines is 1. The van der Waals surface area contributed by atoms with Gasteiger partial charge < -0.3 is 14.5 Å². The van der Waals surface area contributed by atoms with E-state index in [-0.39, 0.29) is 5.91 Å². The summed E-state index contributed by atoms with van der Waals surface area (Å²) in [5.74, 6) is 0.512. The summed E-state index contributed by atoms with van der Waals surface area (Å²) in [6.07, 6.45) is 1.96. The minimum absolute atomic E-state index is 0.235. The summed E-state index contributed by atoms with van der Waals surface area (Å²) in [6, 6.07) is 13.9. The number of rotatable bonds is 6. The van der Waals surface area contributed by atoms with Crippen LogP contribution in [0, 0.1) is 0 Å². The molecule has 0 radical (unpaired) electrons. The highest BCUT2D eigenvalue weighted by Crippen LogP contribution is 2.23. The fraction of sp³-hybridized carbons (Fsp3) is 0.167. The summed E-state index contributed by atoms with van der Waals surface area (Å²) in [5, 5.41) is 11.5. The van der Waals surface area contributed by atoms with E-state index in [0.29, 0.717) is 22.4 Å². The second-order valence-electron chi connectivity index (χ2n) is 5.53. The van der Waals surface area contributed by atoms with Gasteiger partial charge in [-0.3, -0.25) is 4.79 Å². The molecule has 26 heavy (non-hydrogen) atoms. The zero-order valence-corrected chi connectivity index (χ0v) is 15.8. The summed E-state index contributed by atoms with van der Waals surface area (Å²) < 4.78 is 8.85. The fourth-order valence-corrected chi connectivity index (χ4v) is 2.77. The Kier molecular flexibility index (Phi) is 5.80. The van der Waals surface area contributed by atoms with Gasteiger partial charge in [-0.1, -0.05) is 23.5 Å². The van der Waals surface area contributed by atoms with E-state index in [9.17, 15) is 4.79 Å². The van der Waals surface area contributed by atoms with Crippen molar-refractivity contribution in [1.29, 1.82) is 0 Å². The number of nitrogens with one attached hydrogen (secondary N) is 2. The molecule has 0 saturated carbocycles. The van der Waals surface area contributed by atoms with E-state index in [0.717, 1.165) is 11.3 Å². The molecule has 0 saturated heterocycles. The van der Waals surface area contributed by atoms with Crippen LogP contribution < -0.4 is 10.0 Å². The van der Waals surface area contributed by atoms with Crippen molar-refractivity contribution in [3.63, 3.8) is 0 Å². The van der Waals surface area contributed by atoms with Gasteiger partial charge in [0.1, 0.15) is 6.04 Å². The molecule has 0 spiro atoms. The number of hydrogen-bond acceptors (Lipinski definition) is 6. The SMILES string of the molecule is CSNc1ccc(-c2nnc([C@@H](C)NC(=O)c3ccc(Cl)cc3)o2)cc1. The number of amides is 1. The van der Waals surface area contributed by atoms with Crippen molar-refractivity contribution in [3.05, 3.63) is 65.0 Å². The van der Waals surface area contributed by atoms with Gasteiger partial charge in [0.25, 0.3) is 5.91 Å². The van der Waals surface area contributed by atoms with Crippen LogP contribution in [0.15, 0.2) is 52.9 Å². The second kappa shape index (κ2) is 8.25. The normalized spacial score (nSPS) is 11.8. The Morgan fingerprint density at radius 3 is 2.46 bits per heavy atom. The lowest BCUT2D eigenvalue weighted by Crippen LogP contribution is -2.26. The first-order valence-corrected chi connectivity index (χ1v) is 9.46. The standard InChI is InChI=1S/C18H17ClN4O2S/c1-11(20-16(24)12-3-7-14(19)8-4-12)17-21-22-18(25-17)13-5-9-15(10-6-13)23-26-2/h3-11,23H,1-2H3,(H,20,24)/t11-/m1/s1. The van der Waals surface area contributed by atoms with E-state index < -0.39 is 6.04 Å². The highest BCUT2D eigenvalue weighted by atomic mass is 35.5. The Labute approximate surface area is 160 Å². The molecule has 1 heterocycles. The van der Waals surface area contributed by atoms with E-state index in [4.69, 9.17) is 16.0 Å². The van der Waals surface area contributed by atoms with Gasteiger partial charge in [-0.05, 0) is 55.5 Å². The summed E-state index contributed by atoms with van der Waals surface area (Å²) in [4.78, 5) is 12.3. The van der Waals surface area contributed by atoms with Gasteiger partial charge in [0.05, 0.1) is 0 Å².